The minimum Gasteiger partial charge on any atom is -0.349 e. The zero-order chi connectivity index (χ0) is 11.8. The molecule has 3 heteroatoms. The average Bonchev–Trinajstić information content (AvgIpc) is 2.22. The van der Waals surface area contributed by atoms with Crippen LogP contribution in [0.2, 0.25) is 0 Å². The molecule has 0 radical (unpaired) electrons. The Bertz CT molecular complexity index is 267. The van der Waals surface area contributed by atoms with E-state index in [0.717, 1.165) is 12.0 Å². The molecular weight excluding hydrogens is 188 g/mol. The van der Waals surface area contributed by atoms with E-state index in [9.17, 15) is 4.79 Å². The Morgan fingerprint density at radius 1 is 1.53 bits per heavy atom. The third-order valence-electron chi connectivity index (χ3n) is 2.13. The highest BCUT2D eigenvalue weighted by Gasteiger charge is 2.14. The number of nitrogens with one attached hydrogen (secondary N) is 1. The predicted molar refractivity (Wildman–Crippen MR) is 64.9 cm³/mol. The van der Waals surface area contributed by atoms with Crippen LogP contribution in [-0.2, 0) is 4.79 Å². The van der Waals surface area contributed by atoms with Crippen LogP contribution in [0, 0.1) is 5.92 Å². The van der Waals surface area contributed by atoms with Gasteiger partial charge >= 0.3 is 0 Å². The van der Waals surface area contributed by atoms with E-state index in [0.29, 0.717) is 0 Å². The van der Waals surface area contributed by atoms with Crippen molar-refractivity contribution in [2.75, 3.05) is 0 Å². The molecule has 0 spiro atoms. The molecule has 0 aromatic heterocycles. The Hall–Kier alpha value is -1.38. The molecule has 0 heterocycles. The van der Waals surface area contributed by atoms with Crippen molar-refractivity contribution in [2.45, 2.75) is 33.2 Å². The maximum absolute atomic E-state index is 11.5. The third-order valence-corrected chi connectivity index (χ3v) is 2.13. The number of carbonyl (C=O) groups is 1. The smallest absolute Gasteiger partial charge is 0.223 e. The first-order chi connectivity index (χ1) is 7.06. The van der Waals surface area contributed by atoms with Crippen molar-refractivity contribution in [1.29, 1.82) is 0 Å². The molecule has 0 aromatic carbocycles. The molecule has 1 unspecified atom stereocenters. The molecule has 0 aromatic rings. The van der Waals surface area contributed by atoms with Crippen molar-refractivity contribution in [3.8, 4) is 0 Å². The second-order valence-electron chi connectivity index (χ2n) is 3.64. The van der Waals surface area contributed by atoms with Gasteiger partial charge in [0.1, 0.15) is 0 Å². The molecule has 1 atom stereocenters. The van der Waals surface area contributed by atoms with E-state index in [1.54, 1.807) is 12.3 Å². The molecular formula is C12H20N2O. The zero-order valence-electron chi connectivity index (χ0n) is 9.79. The van der Waals surface area contributed by atoms with Crippen LogP contribution in [0.1, 0.15) is 27.2 Å². The molecule has 0 aliphatic rings. The van der Waals surface area contributed by atoms with Gasteiger partial charge in [-0.25, -0.2) is 0 Å². The lowest BCUT2D eigenvalue weighted by atomic mass is 10.0. The molecule has 0 fully saturated rings. The molecule has 1 N–H and O–H groups in total. The first-order valence-corrected chi connectivity index (χ1v) is 5.15. The molecule has 0 bridgehead atoms. The van der Waals surface area contributed by atoms with E-state index in [-0.39, 0.29) is 17.9 Å². The first-order valence-electron chi connectivity index (χ1n) is 5.15. The number of aliphatic imine (C=N–C) groups is 1. The molecule has 15 heavy (non-hydrogen) atoms. The summed E-state index contributed by atoms with van der Waals surface area (Å²) in [6.45, 7) is 12.8. The summed E-state index contributed by atoms with van der Waals surface area (Å²) in [5, 5.41) is 2.94. The number of carbonyl (C=O) groups excluding carboxylic acids is 1. The number of hydrogen-bond donors (Lipinski definition) is 1. The van der Waals surface area contributed by atoms with E-state index >= 15 is 0 Å². The predicted octanol–water partition coefficient (Wildman–Crippen LogP) is 2.31. The second-order valence-corrected chi connectivity index (χ2v) is 3.64. The number of nitrogens with zero attached hydrogens (tertiary/aromatic N) is 1. The largest absolute Gasteiger partial charge is 0.349 e. The Morgan fingerprint density at radius 3 is 2.47 bits per heavy atom. The van der Waals surface area contributed by atoms with Crippen molar-refractivity contribution in [2.24, 2.45) is 10.9 Å². The summed E-state index contributed by atoms with van der Waals surface area (Å²) in [5.41, 5.74) is 0.890. The fraction of sp³-hybridized carbons (Fsp3) is 0.500. The van der Waals surface area contributed by atoms with Crippen LogP contribution in [-0.4, -0.2) is 18.7 Å². The van der Waals surface area contributed by atoms with Gasteiger partial charge in [-0.15, -0.1) is 0 Å². The standard InChI is InChI=1S/C12H20N2O/c1-6-10(8-13-5)11(7-2)14-12(15)9(3)4/h6,8-9,11H,1,5,7H2,2-4H3,(H,14,15)/b10-8+. The van der Waals surface area contributed by atoms with Crippen molar-refractivity contribution in [1.82, 2.24) is 5.32 Å². The minimum atomic E-state index is -0.0251. The van der Waals surface area contributed by atoms with Crippen LogP contribution >= 0.6 is 0 Å². The summed E-state index contributed by atoms with van der Waals surface area (Å²) in [6.07, 6.45) is 4.14. The average molecular weight is 208 g/mol. The fourth-order valence-corrected chi connectivity index (χ4v) is 1.15. The van der Waals surface area contributed by atoms with E-state index in [1.807, 2.05) is 20.8 Å². The van der Waals surface area contributed by atoms with E-state index < -0.39 is 0 Å². The maximum Gasteiger partial charge on any atom is 0.223 e. The van der Waals surface area contributed by atoms with Crippen LogP contribution in [0.25, 0.3) is 0 Å². The summed E-state index contributed by atoms with van der Waals surface area (Å²) in [6, 6.07) is -0.0251. The van der Waals surface area contributed by atoms with Crippen LogP contribution in [0.3, 0.4) is 0 Å². The Kier molecular flexibility index (Phi) is 6.34. The van der Waals surface area contributed by atoms with Crippen LogP contribution in [0.15, 0.2) is 29.4 Å². The zero-order valence-corrected chi connectivity index (χ0v) is 9.79. The highest BCUT2D eigenvalue weighted by molar-refractivity contribution is 5.78. The van der Waals surface area contributed by atoms with Gasteiger partial charge in [-0.3, -0.25) is 9.79 Å². The molecule has 0 rings (SSSR count). The van der Waals surface area contributed by atoms with Gasteiger partial charge in [0.15, 0.2) is 0 Å². The summed E-state index contributed by atoms with van der Waals surface area (Å²) in [7, 11) is 0. The summed E-state index contributed by atoms with van der Waals surface area (Å²) in [5.74, 6) is 0.0282. The quantitative estimate of drug-likeness (QED) is 0.528. The van der Waals surface area contributed by atoms with Crippen molar-refractivity contribution >= 4 is 12.6 Å². The van der Waals surface area contributed by atoms with Gasteiger partial charge in [0, 0.05) is 12.1 Å². The monoisotopic (exact) mass is 208 g/mol. The molecule has 1 amide bonds. The Morgan fingerprint density at radius 2 is 2.13 bits per heavy atom. The van der Waals surface area contributed by atoms with Crippen molar-refractivity contribution < 1.29 is 4.79 Å². The highest BCUT2D eigenvalue weighted by Crippen LogP contribution is 2.09. The number of amides is 1. The summed E-state index contributed by atoms with van der Waals surface area (Å²) in [4.78, 5) is 15.2. The van der Waals surface area contributed by atoms with Crippen LogP contribution in [0.5, 0.6) is 0 Å². The molecule has 0 aliphatic carbocycles. The van der Waals surface area contributed by atoms with Crippen LogP contribution in [0.4, 0.5) is 0 Å². The van der Waals surface area contributed by atoms with Crippen molar-refractivity contribution in [3.05, 3.63) is 24.4 Å². The Balaban J connectivity index is 4.61. The summed E-state index contributed by atoms with van der Waals surface area (Å²) >= 11 is 0. The number of hydrogen-bond acceptors (Lipinski definition) is 2. The van der Waals surface area contributed by atoms with Gasteiger partial charge in [0.25, 0.3) is 0 Å². The summed E-state index contributed by atoms with van der Waals surface area (Å²) < 4.78 is 0. The Labute approximate surface area is 92.0 Å². The number of rotatable bonds is 6. The molecule has 3 nitrogen and oxygen atoms in total. The van der Waals surface area contributed by atoms with E-state index in [4.69, 9.17) is 0 Å². The maximum atomic E-state index is 11.5. The SMILES string of the molecule is C=C/C(=C\N=C)C(CC)NC(=O)C(C)C. The topological polar surface area (TPSA) is 41.5 Å². The van der Waals surface area contributed by atoms with Crippen molar-refractivity contribution in [3.63, 3.8) is 0 Å². The fourth-order valence-electron chi connectivity index (χ4n) is 1.15. The van der Waals surface area contributed by atoms with Crippen LogP contribution < -0.4 is 5.32 Å². The second kappa shape index (κ2) is 6.98. The normalized spacial score (nSPS) is 13.5. The first kappa shape index (κ1) is 13.6. The van der Waals surface area contributed by atoms with Gasteiger partial charge < -0.3 is 5.32 Å². The molecule has 0 aliphatic heterocycles. The highest BCUT2D eigenvalue weighted by atomic mass is 16.1. The lowest BCUT2D eigenvalue weighted by Gasteiger charge is -2.19. The minimum absolute atomic E-state index is 0.0122. The van der Waals surface area contributed by atoms with Gasteiger partial charge in [-0.05, 0) is 18.7 Å². The van der Waals surface area contributed by atoms with Gasteiger partial charge in [-0.2, -0.15) is 0 Å². The van der Waals surface area contributed by atoms with Gasteiger partial charge in [0.2, 0.25) is 5.91 Å². The molecule has 0 saturated carbocycles. The van der Waals surface area contributed by atoms with E-state index in [2.05, 4.69) is 23.6 Å². The van der Waals surface area contributed by atoms with E-state index in [1.165, 1.54) is 0 Å². The van der Waals surface area contributed by atoms with Gasteiger partial charge in [0.05, 0.1) is 6.04 Å². The molecule has 84 valence electrons. The lowest BCUT2D eigenvalue weighted by molar-refractivity contribution is -0.124. The third kappa shape index (κ3) is 4.58. The van der Waals surface area contributed by atoms with Gasteiger partial charge in [-0.1, -0.05) is 33.4 Å². The molecule has 0 saturated heterocycles. The lowest BCUT2D eigenvalue weighted by Crippen LogP contribution is -2.37.